The minimum atomic E-state index is 0.435. The number of nitrogens with zero attached hydrogens (tertiary/aromatic N) is 3. The van der Waals surface area contributed by atoms with E-state index in [-0.39, 0.29) is 0 Å². The van der Waals surface area contributed by atoms with Gasteiger partial charge in [0.15, 0.2) is 11.6 Å². The summed E-state index contributed by atoms with van der Waals surface area (Å²) in [4.78, 5) is 8.66. The summed E-state index contributed by atoms with van der Waals surface area (Å²) in [6, 6.07) is 28.0. The van der Waals surface area contributed by atoms with Gasteiger partial charge in [0, 0.05) is 5.69 Å². The number of nitrogen functional groups attached to an aromatic ring is 1. The SMILES string of the molecule is Cc1ccc(Nc2ncnc(NN(c3ccccc3)c3ccccc3)c2N)cc1. The van der Waals surface area contributed by atoms with Gasteiger partial charge >= 0.3 is 0 Å². The maximum Gasteiger partial charge on any atom is 0.173 e. The molecule has 144 valence electrons. The number of aryl methyl sites for hydroxylation is 1. The molecular formula is C23H22N6. The standard InChI is InChI=1S/C23H22N6/c1-17-12-14-18(15-13-17)27-22-21(24)23(26-16-25-22)28-29(19-8-4-2-5-9-19)20-10-6-3-7-11-20/h2-16H,24H2,1H3,(H2,25,26,27,28). The summed E-state index contributed by atoms with van der Waals surface area (Å²) >= 11 is 0. The zero-order valence-corrected chi connectivity index (χ0v) is 16.1. The Morgan fingerprint density at radius 2 is 1.28 bits per heavy atom. The molecule has 0 radical (unpaired) electrons. The Kier molecular flexibility index (Phi) is 5.25. The number of anilines is 6. The smallest absolute Gasteiger partial charge is 0.173 e. The number of rotatable bonds is 6. The van der Waals surface area contributed by atoms with Crippen molar-refractivity contribution in [2.45, 2.75) is 6.92 Å². The van der Waals surface area contributed by atoms with Gasteiger partial charge in [-0.2, -0.15) is 0 Å². The molecule has 29 heavy (non-hydrogen) atoms. The number of nitrogens with one attached hydrogen (secondary N) is 2. The minimum Gasteiger partial charge on any atom is -0.393 e. The van der Waals surface area contributed by atoms with Crippen LogP contribution in [0, 0.1) is 6.92 Å². The van der Waals surface area contributed by atoms with Crippen LogP contribution >= 0.6 is 0 Å². The normalized spacial score (nSPS) is 10.4. The van der Waals surface area contributed by atoms with Gasteiger partial charge in [-0.3, -0.25) is 10.4 Å². The van der Waals surface area contributed by atoms with E-state index in [4.69, 9.17) is 5.73 Å². The van der Waals surface area contributed by atoms with E-state index < -0.39 is 0 Å². The quantitative estimate of drug-likeness (QED) is 0.394. The topological polar surface area (TPSA) is 79.1 Å². The first-order valence-electron chi connectivity index (χ1n) is 9.32. The van der Waals surface area contributed by atoms with E-state index >= 15 is 0 Å². The fourth-order valence-corrected chi connectivity index (χ4v) is 2.90. The van der Waals surface area contributed by atoms with Crippen LogP contribution in [-0.4, -0.2) is 9.97 Å². The summed E-state index contributed by atoms with van der Waals surface area (Å²) in [6.45, 7) is 2.05. The van der Waals surface area contributed by atoms with Crippen molar-refractivity contribution in [2.75, 3.05) is 21.5 Å². The molecule has 0 unspecified atom stereocenters. The molecule has 4 rings (SSSR count). The summed E-state index contributed by atoms with van der Waals surface area (Å²) in [5.41, 5.74) is 14.2. The number of hydrazine groups is 1. The van der Waals surface area contributed by atoms with Gasteiger partial charge in [0.1, 0.15) is 12.0 Å². The molecule has 0 aliphatic carbocycles. The van der Waals surface area contributed by atoms with E-state index in [9.17, 15) is 0 Å². The Morgan fingerprint density at radius 1 is 0.724 bits per heavy atom. The summed E-state index contributed by atoms with van der Waals surface area (Å²) in [5, 5.41) is 5.20. The maximum atomic E-state index is 6.39. The van der Waals surface area contributed by atoms with Crippen LogP contribution in [0.2, 0.25) is 0 Å². The van der Waals surface area contributed by atoms with Crippen LogP contribution in [0.25, 0.3) is 0 Å². The van der Waals surface area contributed by atoms with Crippen LogP contribution in [0.1, 0.15) is 5.56 Å². The number of aromatic nitrogens is 2. The highest BCUT2D eigenvalue weighted by Gasteiger charge is 2.14. The van der Waals surface area contributed by atoms with Crippen molar-refractivity contribution in [1.82, 2.24) is 9.97 Å². The maximum absolute atomic E-state index is 6.39. The van der Waals surface area contributed by atoms with Crippen LogP contribution in [0.15, 0.2) is 91.3 Å². The van der Waals surface area contributed by atoms with Gasteiger partial charge in [-0.05, 0) is 43.3 Å². The van der Waals surface area contributed by atoms with Gasteiger partial charge in [-0.15, -0.1) is 0 Å². The molecule has 0 saturated carbocycles. The second-order valence-electron chi connectivity index (χ2n) is 6.59. The molecule has 0 aliphatic rings. The van der Waals surface area contributed by atoms with E-state index in [0.29, 0.717) is 17.3 Å². The minimum absolute atomic E-state index is 0.435. The Morgan fingerprint density at radius 3 is 1.86 bits per heavy atom. The van der Waals surface area contributed by atoms with Crippen LogP contribution in [0.4, 0.5) is 34.4 Å². The number of benzene rings is 3. The van der Waals surface area contributed by atoms with Gasteiger partial charge in [0.05, 0.1) is 11.4 Å². The molecule has 1 heterocycles. The lowest BCUT2D eigenvalue weighted by atomic mass is 10.2. The predicted octanol–water partition coefficient (Wildman–Crippen LogP) is 5.28. The van der Waals surface area contributed by atoms with Gasteiger partial charge < -0.3 is 11.1 Å². The third-order valence-electron chi connectivity index (χ3n) is 4.44. The van der Waals surface area contributed by atoms with Crippen molar-refractivity contribution in [3.8, 4) is 0 Å². The molecule has 0 saturated heterocycles. The summed E-state index contributed by atoms with van der Waals surface area (Å²) < 4.78 is 0. The Labute approximate surface area is 170 Å². The summed E-state index contributed by atoms with van der Waals surface area (Å²) in [7, 11) is 0. The van der Waals surface area contributed by atoms with E-state index in [1.807, 2.05) is 96.9 Å². The molecule has 0 fully saturated rings. The summed E-state index contributed by atoms with van der Waals surface area (Å²) in [5.74, 6) is 1.06. The average Bonchev–Trinajstić information content (AvgIpc) is 2.77. The van der Waals surface area contributed by atoms with Gasteiger partial charge in [-0.25, -0.2) is 9.97 Å². The third-order valence-corrected chi connectivity index (χ3v) is 4.44. The lowest BCUT2D eigenvalue weighted by Gasteiger charge is -2.26. The first-order valence-corrected chi connectivity index (χ1v) is 9.32. The number of hydrogen-bond donors (Lipinski definition) is 3. The number of hydrogen-bond acceptors (Lipinski definition) is 6. The van der Waals surface area contributed by atoms with Crippen LogP contribution in [-0.2, 0) is 0 Å². The molecule has 6 heteroatoms. The Bertz CT molecular complexity index is 1030. The zero-order valence-electron chi connectivity index (χ0n) is 16.1. The fourth-order valence-electron chi connectivity index (χ4n) is 2.90. The lowest BCUT2D eigenvalue weighted by Crippen LogP contribution is -2.26. The predicted molar refractivity (Wildman–Crippen MR) is 120 cm³/mol. The fraction of sp³-hybridized carbons (Fsp3) is 0.0435. The van der Waals surface area contributed by atoms with E-state index in [1.54, 1.807) is 0 Å². The van der Waals surface area contributed by atoms with Crippen LogP contribution in [0.5, 0.6) is 0 Å². The molecule has 0 amide bonds. The molecule has 4 aromatic rings. The second kappa shape index (κ2) is 8.31. The molecule has 0 bridgehead atoms. The highest BCUT2D eigenvalue weighted by Crippen LogP contribution is 2.30. The van der Waals surface area contributed by atoms with Crippen LogP contribution < -0.4 is 21.5 Å². The van der Waals surface area contributed by atoms with E-state index in [0.717, 1.165) is 17.1 Å². The summed E-state index contributed by atoms with van der Waals surface area (Å²) in [6.07, 6.45) is 1.49. The molecule has 0 spiro atoms. The molecule has 0 aliphatic heterocycles. The molecule has 0 atom stereocenters. The van der Waals surface area contributed by atoms with E-state index in [2.05, 4.69) is 20.7 Å². The molecule has 6 nitrogen and oxygen atoms in total. The monoisotopic (exact) mass is 382 g/mol. The Hall–Kier alpha value is -4.06. The molecule has 4 N–H and O–H groups in total. The lowest BCUT2D eigenvalue weighted by molar-refractivity contribution is 1.09. The van der Waals surface area contributed by atoms with Gasteiger partial charge in [-0.1, -0.05) is 54.1 Å². The largest absolute Gasteiger partial charge is 0.393 e. The first-order chi connectivity index (χ1) is 14.2. The van der Waals surface area contributed by atoms with Crippen molar-refractivity contribution in [3.05, 3.63) is 96.8 Å². The van der Waals surface area contributed by atoms with Crippen molar-refractivity contribution >= 4 is 34.4 Å². The zero-order chi connectivity index (χ0) is 20.1. The van der Waals surface area contributed by atoms with Crippen molar-refractivity contribution < 1.29 is 0 Å². The van der Waals surface area contributed by atoms with Crippen molar-refractivity contribution in [3.63, 3.8) is 0 Å². The van der Waals surface area contributed by atoms with Crippen molar-refractivity contribution in [2.24, 2.45) is 0 Å². The third kappa shape index (κ3) is 4.27. The Balaban J connectivity index is 1.65. The van der Waals surface area contributed by atoms with Crippen LogP contribution in [0.3, 0.4) is 0 Å². The second-order valence-corrected chi connectivity index (χ2v) is 6.59. The first kappa shape index (κ1) is 18.3. The highest BCUT2D eigenvalue weighted by atomic mass is 15.5. The number of nitrogens with two attached hydrogens (primary N) is 1. The number of para-hydroxylation sites is 2. The molecular weight excluding hydrogens is 360 g/mol. The average molecular weight is 382 g/mol. The van der Waals surface area contributed by atoms with Gasteiger partial charge in [0.2, 0.25) is 0 Å². The molecule has 1 aromatic heterocycles. The van der Waals surface area contributed by atoms with Crippen molar-refractivity contribution in [1.29, 1.82) is 0 Å². The van der Waals surface area contributed by atoms with Gasteiger partial charge in [0.25, 0.3) is 0 Å². The molecule has 3 aromatic carbocycles. The van der Waals surface area contributed by atoms with E-state index in [1.165, 1.54) is 11.9 Å². The highest BCUT2D eigenvalue weighted by molar-refractivity contribution is 5.80.